The van der Waals surface area contributed by atoms with Gasteiger partial charge in [-0.25, -0.2) is 14.2 Å². The van der Waals surface area contributed by atoms with Gasteiger partial charge in [0.2, 0.25) is 6.17 Å². The molecule has 0 spiro atoms. The number of carbonyl (C=O) groups excluding carboxylic acids is 1. The number of esters is 1. The van der Waals surface area contributed by atoms with Crippen molar-refractivity contribution >= 4 is 17.3 Å². The molecule has 100 valence electrons. The van der Waals surface area contributed by atoms with Gasteiger partial charge < -0.3 is 4.74 Å². The summed E-state index contributed by atoms with van der Waals surface area (Å²) < 4.78 is 18.2. The molecule has 19 heavy (non-hydrogen) atoms. The highest BCUT2D eigenvalue weighted by Crippen LogP contribution is 2.22. The van der Waals surface area contributed by atoms with Crippen molar-refractivity contribution in [3.8, 4) is 11.3 Å². The minimum absolute atomic E-state index is 0.0314. The van der Waals surface area contributed by atoms with Crippen molar-refractivity contribution in [2.45, 2.75) is 19.5 Å². The van der Waals surface area contributed by atoms with Gasteiger partial charge in [0.1, 0.15) is 0 Å². The molecule has 1 aromatic heterocycles. The van der Waals surface area contributed by atoms with E-state index in [4.69, 9.17) is 0 Å². The number of ether oxygens (including phenoxy) is 1. The van der Waals surface area contributed by atoms with E-state index < -0.39 is 12.1 Å². The highest BCUT2D eigenvalue weighted by Gasteiger charge is 2.20. The van der Waals surface area contributed by atoms with Gasteiger partial charge in [0.05, 0.1) is 17.3 Å². The van der Waals surface area contributed by atoms with Gasteiger partial charge in [-0.15, -0.1) is 11.3 Å². The molecule has 0 saturated carbocycles. The van der Waals surface area contributed by atoms with Crippen LogP contribution in [-0.4, -0.2) is 23.7 Å². The smallest absolute Gasteiger partial charge is 0.341 e. The fourth-order valence-corrected chi connectivity index (χ4v) is 2.45. The van der Waals surface area contributed by atoms with Gasteiger partial charge in [-0.3, -0.25) is 0 Å². The summed E-state index contributed by atoms with van der Waals surface area (Å²) in [4.78, 5) is 15.5. The zero-order valence-electron chi connectivity index (χ0n) is 10.5. The van der Waals surface area contributed by atoms with Crippen LogP contribution in [0.1, 0.15) is 11.9 Å². The molecule has 0 aliphatic rings. The molecule has 0 amide bonds. The van der Waals surface area contributed by atoms with Gasteiger partial charge in [0.25, 0.3) is 0 Å². The minimum atomic E-state index is -1.64. The second-order valence-corrected chi connectivity index (χ2v) is 4.86. The van der Waals surface area contributed by atoms with Crippen LogP contribution in [0.3, 0.4) is 0 Å². The largest absolute Gasteiger partial charge is 0.464 e. The lowest BCUT2D eigenvalue weighted by Gasteiger charge is -2.04. The first-order chi connectivity index (χ1) is 9.20. The lowest BCUT2D eigenvalue weighted by atomic mass is 10.2. The summed E-state index contributed by atoms with van der Waals surface area (Å²) in [6.45, 7) is 1.84. The molecule has 0 fully saturated rings. The van der Waals surface area contributed by atoms with E-state index in [9.17, 15) is 9.18 Å². The Balaban J connectivity index is 2.04. The summed E-state index contributed by atoms with van der Waals surface area (Å²) in [5, 5.41) is 2.46. The number of thiazole rings is 1. The van der Waals surface area contributed by atoms with Crippen LogP contribution < -0.4 is 0 Å². The van der Waals surface area contributed by atoms with Crippen LogP contribution >= 0.6 is 11.3 Å². The fourth-order valence-electron chi connectivity index (χ4n) is 1.62. The van der Waals surface area contributed by atoms with Crippen LogP contribution in [0.5, 0.6) is 0 Å². The standard InChI is InChI=1S/C14H14FNO2S/c1-2-18-14(17)11(15)8-13-16-12(9-19-13)10-6-4-3-5-7-10/h3-7,9,11H,2,8H2,1H3. The Labute approximate surface area is 115 Å². The van der Waals surface area contributed by atoms with Crippen LogP contribution in [0.25, 0.3) is 11.3 Å². The van der Waals surface area contributed by atoms with Crippen LogP contribution in [0.4, 0.5) is 4.39 Å². The monoisotopic (exact) mass is 279 g/mol. The lowest BCUT2D eigenvalue weighted by Crippen LogP contribution is -2.21. The van der Waals surface area contributed by atoms with E-state index in [1.807, 2.05) is 35.7 Å². The maximum Gasteiger partial charge on any atom is 0.341 e. The third-order valence-electron chi connectivity index (χ3n) is 2.52. The number of alkyl halides is 1. The Morgan fingerprint density at radius 1 is 1.42 bits per heavy atom. The number of hydrogen-bond acceptors (Lipinski definition) is 4. The zero-order chi connectivity index (χ0) is 13.7. The quantitative estimate of drug-likeness (QED) is 0.789. The van der Waals surface area contributed by atoms with Crippen molar-refractivity contribution in [2.24, 2.45) is 0 Å². The fraction of sp³-hybridized carbons (Fsp3) is 0.286. The van der Waals surface area contributed by atoms with Gasteiger partial charge in [-0.2, -0.15) is 0 Å². The molecule has 1 heterocycles. The zero-order valence-corrected chi connectivity index (χ0v) is 11.3. The number of aromatic nitrogens is 1. The van der Waals surface area contributed by atoms with E-state index >= 15 is 0 Å². The van der Waals surface area contributed by atoms with Crippen molar-refractivity contribution in [2.75, 3.05) is 6.61 Å². The summed E-state index contributed by atoms with van der Waals surface area (Å²) in [7, 11) is 0. The second kappa shape index (κ2) is 6.43. The van der Waals surface area contributed by atoms with E-state index in [0.717, 1.165) is 11.3 Å². The highest BCUT2D eigenvalue weighted by atomic mass is 32.1. The molecule has 0 aliphatic heterocycles. The van der Waals surface area contributed by atoms with Crippen molar-refractivity contribution in [1.82, 2.24) is 4.98 Å². The van der Waals surface area contributed by atoms with Crippen molar-refractivity contribution < 1.29 is 13.9 Å². The third-order valence-corrected chi connectivity index (χ3v) is 3.39. The molecule has 0 bridgehead atoms. The van der Waals surface area contributed by atoms with E-state index in [1.54, 1.807) is 6.92 Å². The lowest BCUT2D eigenvalue weighted by molar-refractivity contribution is -0.149. The number of rotatable bonds is 5. The second-order valence-electron chi connectivity index (χ2n) is 3.92. The highest BCUT2D eigenvalue weighted by molar-refractivity contribution is 7.10. The minimum Gasteiger partial charge on any atom is -0.464 e. The molecular formula is C14H14FNO2S. The predicted octanol–water partition coefficient (Wildman–Crippen LogP) is 3.25. The number of hydrogen-bond donors (Lipinski definition) is 0. The number of halogens is 1. The predicted molar refractivity (Wildman–Crippen MR) is 72.8 cm³/mol. The molecule has 0 radical (unpaired) electrons. The normalized spacial score (nSPS) is 12.1. The number of nitrogens with zero attached hydrogens (tertiary/aromatic N) is 1. The average Bonchev–Trinajstić information content (AvgIpc) is 2.88. The van der Waals surface area contributed by atoms with Crippen molar-refractivity contribution in [1.29, 1.82) is 0 Å². The summed E-state index contributed by atoms with van der Waals surface area (Å²) in [6.07, 6.45) is -1.68. The summed E-state index contributed by atoms with van der Waals surface area (Å²) in [5.74, 6) is -0.820. The van der Waals surface area contributed by atoms with Gasteiger partial charge in [0, 0.05) is 17.4 Å². The summed E-state index contributed by atoms with van der Waals surface area (Å²) in [5.41, 5.74) is 1.79. The topological polar surface area (TPSA) is 39.2 Å². The summed E-state index contributed by atoms with van der Waals surface area (Å²) >= 11 is 1.35. The Bertz CT molecular complexity index is 541. The van der Waals surface area contributed by atoms with Gasteiger partial charge >= 0.3 is 5.97 Å². The maximum absolute atomic E-state index is 13.6. The molecule has 0 aliphatic carbocycles. The molecule has 2 rings (SSSR count). The molecule has 0 saturated heterocycles. The Hall–Kier alpha value is -1.75. The van der Waals surface area contributed by atoms with Gasteiger partial charge in [-0.1, -0.05) is 30.3 Å². The van der Waals surface area contributed by atoms with Crippen molar-refractivity contribution in [3.05, 3.63) is 40.7 Å². The van der Waals surface area contributed by atoms with Gasteiger partial charge in [-0.05, 0) is 6.92 Å². The number of benzene rings is 1. The molecule has 5 heteroatoms. The summed E-state index contributed by atoms with van der Waals surface area (Å²) in [6, 6.07) is 9.65. The Kier molecular flexibility index (Phi) is 4.63. The van der Waals surface area contributed by atoms with E-state index in [-0.39, 0.29) is 13.0 Å². The SMILES string of the molecule is CCOC(=O)C(F)Cc1nc(-c2ccccc2)cs1. The molecule has 3 nitrogen and oxygen atoms in total. The Morgan fingerprint density at radius 3 is 2.84 bits per heavy atom. The average molecular weight is 279 g/mol. The van der Waals surface area contributed by atoms with E-state index in [1.165, 1.54) is 11.3 Å². The molecule has 1 aromatic carbocycles. The molecule has 1 unspecified atom stereocenters. The van der Waals surface area contributed by atoms with E-state index in [2.05, 4.69) is 9.72 Å². The maximum atomic E-state index is 13.6. The molecular weight excluding hydrogens is 265 g/mol. The number of carbonyl (C=O) groups is 1. The first-order valence-electron chi connectivity index (χ1n) is 6.01. The van der Waals surface area contributed by atoms with Crippen LogP contribution in [0, 0.1) is 0 Å². The first-order valence-corrected chi connectivity index (χ1v) is 6.89. The van der Waals surface area contributed by atoms with Crippen LogP contribution in [0.2, 0.25) is 0 Å². The van der Waals surface area contributed by atoms with Crippen LogP contribution in [-0.2, 0) is 16.0 Å². The molecule has 1 atom stereocenters. The first kappa shape index (κ1) is 13.7. The van der Waals surface area contributed by atoms with Crippen LogP contribution in [0.15, 0.2) is 35.7 Å². The third kappa shape index (κ3) is 3.61. The molecule has 0 N–H and O–H groups in total. The van der Waals surface area contributed by atoms with Gasteiger partial charge in [0.15, 0.2) is 0 Å². The van der Waals surface area contributed by atoms with E-state index in [0.29, 0.717) is 5.01 Å². The molecule has 2 aromatic rings. The van der Waals surface area contributed by atoms with Crippen molar-refractivity contribution in [3.63, 3.8) is 0 Å². The Morgan fingerprint density at radius 2 is 2.16 bits per heavy atom.